The van der Waals surface area contributed by atoms with Crippen LogP contribution in [0.4, 0.5) is 11.4 Å². The van der Waals surface area contributed by atoms with Crippen molar-refractivity contribution < 1.29 is 8.42 Å². The molecule has 0 bridgehead atoms. The Morgan fingerprint density at radius 1 is 0.778 bits per heavy atom. The number of quaternary nitrogens is 1. The zero-order chi connectivity index (χ0) is 19.5. The zero-order valence-corrected chi connectivity index (χ0v) is 20.8. The van der Waals surface area contributed by atoms with Gasteiger partial charge >= 0.3 is 0 Å². The third kappa shape index (κ3) is 12.7. The normalized spacial score (nSPS) is 11.9. The molecule has 4 nitrogen and oxygen atoms in total. The molecular weight excluding hydrogens is 471 g/mol. The minimum Gasteiger partial charge on any atom is -0.577 e. The molecule has 0 saturated heterocycles. The van der Waals surface area contributed by atoms with Crippen LogP contribution in [-0.2, 0) is 10.0 Å². The third-order valence-electron chi connectivity index (χ3n) is 4.62. The summed E-state index contributed by atoms with van der Waals surface area (Å²) in [5, 5.41) is 0. The Labute approximate surface area is 184 Å². The maximum absolute atomic E-state index is 12.1. The summed E-state index contributed by atoms with van der Waals surface area (Å²) in [7, 11) is 2.86. The van der Waals surface area contributed by atoms with E-state index in [0.29, 0.717) is 16.6 Å². The Kier molecular flexibility index (Phi) is 13.6. The van der Waals surface area contributed by atoms with E-state index in [9.17, 15) is 8.42 Å². The van der Waals surface area contributed by atoms with E-state index in [-0.39, 0.29) is 29.7 Å². The van der Waals surface area contributed by atoms with Gasteiger partial charge in [0.25, 0.3) is 0 Å². The van der Waals surface area contributed by atoms with Gasteiger partial charge in [0.05, 0.1) is 31.2 Å². The molecule has 1 rings (SSSR count). The maximum atomic E-state index is 12.1. The molecule has 0 aromatic heterocycles. The van der Waals surface area contributed by atoms with Gasteiger partial charge in [-0.05, 0) is 18.6 Å². The molecule has 1 aromatic rings. The molecule has 0 saturated carbocycles. The molecule has 1 aromatic carbocycles. The molecule has 0 N–H and O–H groups in total. The molecule has 0 atom stereocenters. The average molecular weight is 511 g/mol. The predicted molar refractivity (Wildman–Crippen MR) is 130 cm³/mol. The van der Waals surface area contributed by atoms with Gasteiger partial charge in [0.15, 0.2) is 0 Å². The minimum absolute atomic E-state index is 0. The van der Waals surface area contributed by atoms with Crippen molar-refractivity contribution in [1.82, 2.24) is 4.48 Å². The molecule has 27 heavy (non-hydrogen) atoms. The maximum Gasteiger partial charge on any atom is 0.132 e. The molecule has 0 radical (unpaired) electrons. The number of hydrogen-bond acceptors (Lipinski definition) is 2. The van der Waals surface area contributed by atoms with Gasteiger partial charge in [-0.25, -0.2) is 8.42 Å². The van der Waals surface area contributed by atoms with Crippen molar-refractivity contribution in [3.8, 4) is 0 Å². The van der Waals surface area contributed by atoms with E-state index in [1.807, 2.05) is 12.1 Å². The Bertz CT molecular complexity index is 596. The molecule has 0 amide bonds. The smallest absolute Gasteiger partial charge is 0.132 e. The fourth-order valence-corrected chi connectivity index (χ4v) is 4.04. The van der Waals surface area contributed by atoms with Crippen LogP contribution in [0.3, 0.4) is 0 Å². The Morgan fingerprint density at radius 3 is 1.67 bits per heavy atom. The number of nitrogens with zero attached hydrogens (tertiary/aromatic N) is 2. The fraction of sp³-hybridized carbons (Fsp3) is 0.714. The summed E-state index contributed by atoms with van der Waals surface area (Å²) in [6.45, 7) is 2.24. The van der Waals surface area contributed by atoms with Crippen molar-refractivity contribution in [2.75, 3.05) is 26.9 Å². The summed E-state index contributed by atoms with van der Waals surface area (Å²) in [5.41, 5.74) is 1.64. The molecule has 0 fully saturated rings. The summed E-state index contributed by atoms with van der Waals surface area (Å²) >= 11 is 0. The highest BCUT2D eigenvalue weighted by Crippen LogP contribution is 2.27. The van der Waals surface area contributed by atoms with Gasteiger partial charge in [-0.1, -0.05) is 76.8 Å². The van der Waals surface area contributed by atoms with Crippen LogP contribution >= 0.6 is 24.0 Å². The van der Waals surface area contributed by atoms with Gasteiger partial charge in [-0.3, -0.25) is 4.48 Å². The van der Waals surface area contributed by atoms with Crippen LogP contribution < -0.4 is 4.48 Å². The monoisotopic (exact) mass is 510 g/mol. The first-order valence-electron chi connectivity index (χ1n) is 10.1. The van der Waals surface area contributed by atoms with E-state index in [2.05, 4.69) is 32.8 Å². The molecule has 0 unspecified atom stereocenters. The minimum atomic E-state index is -3.37. The number of rotatable bonds is 14. The topological polar surface area (TPSA) is 48.2 Å². The van der Waals surface area contributed by atoms with Crippen LogP contribution in [-0.4, -0.2) is 35.3 Å². The van der Waals surface area contributed by atoms with Crippen molar-refractivity contribution in [3.05, 3.63) is 29.0 Å². The lowest BCUT2D eigenvalue weighted by molar-refractivity contribution is 0.486. The lowest BCUT2D eigenvalue weighted by Crippen LogP contribution is -2.34. The van der Waals surface area contributed by atoms with Crippen molar-refractivity contribution in [2.45, 2.75) is 71.1 Å². The van der Waals surface area contributed by atoms with E-state index < -0.39 is 10.0 Å². The molecule has 0 aliphatic carbocycles. The van der Waals surface area contributed by atoms with Crippen LogP contribution in [0, 0.1) is 0 Å². The third-order valence-corrected chi connectivity index (χ3v) is 5.92. The van der Waals surface area contributed by atoms with Crippen molar-refractivity contribution >= 4 is 45.4 Å². The largest absolute Gasteiger partial charge is 0.577 e. The number of unbranched alkanes of at least 4 members (excludes halogenated alkanes) is 9. The van der Waals surface area contributed by atoms with Gasteiger partial charge < -0.3 is 4.72 Å². The zero-order valence-electron chi connectivity index (χ0n) is 17.6. The summed E-state index contributed by atoms with van der Waals surface area (Å²) in [6, 6.07) is 7.45. The highest BCUT2D eigenvalue weighted by molar-refractivity contribution is 14.0. The molecular formula is C21H39IN2O2S. The Balaban J connectivity index is 0.00000676. The van der Waals surface area contributed by atoms with Crippen LogP contribution in [0.25, 0.3) is 4.72 Å². The van der Waals surface area contributed by atoms with Crippen LogP contribution in [0.2, 0.25) is 0 Å². The van der Waals surface area contributed by atoms with Crippen molar-refractivity contribution in [3.63, 3.8) is 0 Å². The molecule has 0 spiro atoms. The summed E-state index contributed by atoms with van der Waals surface area (Å²) < 4.78 is 28.9. The van der Waals surface area contributed by atoms with Crippen LogP contribution in [0.15, 0.2) is 24.3 Å². The van der Waals surface area contributed by atoms with Crippen molar-refractivity contribution in [2.24, 2.45) is 0 Å². The summed E-state index contributed by atoms with van der Waals surface area (Å²) in [5.74, 6) is 0.153. The summed E-state index contributed by atoms with van der Waals surface area (Å²) in [4.78, 5) is 0. The Morgan fingerprint density at radius 2 is 1.22 bits per heavy atom. The second-order valence-corrected chi connectivity index (χ2v) is 9.84. The van der Waals surface area contributed by atoms with Crippen LogP contribution in [0.1, 0.15) is 71.1 Å². The number of benzene rings is 1. The molecule has 0 heterocycles. The average Bonchev–Trinajstić information content (AvgIpc) is 2.56. The molecule has 6 heteroatoms. The molecule has 0 aliphatic heterocycles. The van der Waals surface area contributed by atoms with Gasteiger partial charge in [0.2, 0.25) is 0 Å². The number of halogens is 1. The van der Waals surface area contributed by atoms with E-state index >= 15 is 0 Å². The van der Waals surface area contributed by atoms with Crippen molar-refractivity contribution in [1.29, 1.82) is 0 Å². The second kappa shape index (κ2) is 13.8. The number of sulfonamides is 1. The quantitative estimate of drug-likeness (QED) is 0.158. The predicted octanol–water partition coefficient (Wildman–Crippen LogP) is 6.76. The van der Waals surface area contributed by atoms with E-state index in [1.54, 1.807) is 12.1 Å². The SMILES string of the molecule is CCCCCCCCCCCCS(=O)(=O)[N-]c1ccc([N+](C)(C)C)cc1.I. The first-order chi connectivity index (χ1) is 12.2. The summed E-state index contributed by atoms with van der Waals surface area (Å²) in [6.07, 6.45) is 12.0. The van der Waals surface area contributed by atoms with E-state index in [4.69, 9.17) is 0 Å². The van der Waals surface area contributed by atoms with E-state index in [0.717, 1.165) is 18.5 Å². The van der Waals surface area contributed by atoms with E-state index in [1.165, 1.54) is 44.9 Å². The Hall–Kier alpha value is -0.340. The van der Waals surface area contributed by atoms with Gasteiger partial charge in [-0.2, -0.15) is 0 Å². The molecule has 0 aliphatic rings. The second-order valence-electron chi connectivity index (χ2n) is 8.09. The highest BCUT2D eigenvalue weighted by atomic mass is 127. The number of hydrogen-bond donors (Lipinski definition) is 0. The lowest BCUT2D eigenvalue weighted by Gasteiger charge is -2.26. The highest BCUT2D eigenvalue weighted by Gasteiger charge is 2.10. The first-order valence-corrected chi connectivity index (χ1v) is 11.7. The first kappa shape index (κ1) is 26.7. The van der Waals surface area contributed by atoms with Crippen LogP contribution in [0.5, 0.6) is 0 Å². The van der Waals surface area contributed by atoms with Gasteiger partial charge in [0, 0.05) is 5.75 Å². The molecule has 158 valence electrons. The van der Waals surface area contributed by atoms with Gasteiger partial charge in [0.1, 0.15) is 5.69 Å². The lowest BCUT2D eigenvalue weighted by atomic mass is 10.1. The fourth-order valence-electron chi connectivity index (χ4n) is 2.94. The van der Waals surface area contributed by atoms with Gasteiger partial charge in [-0.15, -0.1) is 29.7 Å². The standard InChI is InChI=1S/C21H38N2O2S.HI/c1-5-6-7-8-9-10-11-12-13-14-19-26(24,25)22-20-15-17-21(18-16-20)23(2,3)4;/h15-18H,5-14,19H2,1-4H3;1H.